The largest absolute Gasteiger partial charge is 0.495 e. The predicted molar refractivity (Wildman–Crippen MR) is 102 cm³/mol. The number of benzene rings is 1. The number of carbonyl (C=O) groups is 1. The minimum Gasteiger partial charge on any atom is -0.495 e. The molecule has 0 aliphatic heterocycles. The Hall–Kier alpha value is -2.32. The van der Waals surface area contributed by atoms with Gasteiger partial charge in [-0.2, -0.15) is 4.31 Å². The molecule has 1 unspecified atom stereocenters. The van der Waals surface area contributed by atoms with E-state index < -0.39 is 10.0 Å². The third-order valence-electron chi connectivity index (χ3n) is 4.59. The van der Waals surface area contributed by atoms with E-state index in [4.69, 9.17) is 9.15 Å². The van der Waals surface area contributed by atoms with Crippen molar-refractivity contribution in [2.45, 2.75) is 31.7 Å². The molecule has 2 rings (SSSR count). The number of carbonyl (C=O) groups excluding carboxylic acids is 1. The first-order valence-electron chi connectivity index (χ1n) is 8.76. The fraction of sp³-hybridized carbons (Fsp3) is 0.421. The van der Waals surface area contributed by atoms with Crippen molar-refractivity contribution in [1.29, 1.82) is 0 Å². The van der Waals surface area contributed by atoms with E-state index in [2.05, 4.69) is 0 Å². The molecule has 2 aromatic rings. The van der Waals surface area contributed by atoms with Crippen LogP contribution in [-0.4, -0.2) is 50.8 Å². The number of amides is 1. The number of furan rings is 1. The average Bonchev–Trinajstić information content (AvgIpc) is 3.21. The molecule has 148 valence electrons. The van der Waals surface area contributed by atoms with Gasteiger partial charge in [-0.15, -0.1) is 0 Å². The van der Waals surface area contributed by atoms with E-state index in [0.717, 1.165) is 0 Å². The highest BCUT2D eigenvalue weighted by Crippen LogP contribution is 2.29. The quantitative estimate of drug-likeness (QED) is 0.687. The summed E-state index contributed by atoms with van der Waals surface area (Å²) in [5.74, 6) is 0.549. The van der Waals surface area contributed by atoms with Crippen LogP contribution < -0.4 is 4.74 Å². The first-order valence-corrected chi connectivity index (χ1v) is 10.2. The normalized spacial score (nSPS) is 12.8. The van der Waals surface area contributed by atoms with Crippen LogP contribution in [0.25, 0.3) is 0 Å². The number of rotatable bonds is 8. The molecule has 0 aliphatic carbocycles. The van der Waals surface area contributed by atoms with Gasteiger partial charge in [-0.25, -0.2) is 8.42 Å². The first kappa shape index (κ1) is 21.0. The maximum atomic E-state index is 12.9. The maximum Gasteiger partial charge on any atom is 0.254 e. The smallest absolute Gasteiger partial charge is 0.254 e. The molecule has 0 saturated carbocycles. The second kappa shape index (κ2) is 8.58. The Balaban J connectivity index is 2.43. The minimum atomic E-state index is -3.77. The molecule has 1 atom stereocenters. The van der Waals surface area contributed by atoms with Crippen LogP contribution in [-0.2, 0) is 10.0 Å². The van der Waals surface area contributed by atoms with Crippen molar-refractivity contribution in [3.63, 3.8) is 0 Å². The zero-order valence-electron chi connectivity index (χ0n) is 16.3. The van der Waals surface area contributed by atoms with Crippen molar-refractivity contribution < 1.29 is 22.4 Å². The van der Waals surface area contributed by atoms with Gasteiger partial charge >= 0.3 is 0 Å². The lowest BCUT2D eigenvalue weighted by Gasteiger charge is -2.24. The maximum absolute atomic E-state index is 12.9. The van der Waals surface area contributed by atoms with Crippen LogP contribution in [0.15, 0.2) is 45.9 Å². The number of hydrogen-bond donors (Lipinski definition) is 0. The van der Waals surface area contributed by atoms with Crippen molar-refractivity contribution >= 4 is 15.9 Å². The summed E-state index contributed by atoms with van der Waals surface area (Å²) in [6.07, 6.45) is 1.55. The van der Waals surface area contributed by atoms with Gasteiger partial charge in [-0.3, -0.25) is 4.79 Å². The molecule has 0 N–H and O–H groups in total. The SMILES string of the molecule is CCN(CC)S(=O)(=O)c1cc(C(=O)N(C)C(C)c2ccco2)ccc1OC. The number of sulfonamides is 1. The van der Waals surface area contributed by atoms with E-state index in [1.165, 1.54) is 28.4 Å². The van der Waals surface area contributed by atoms with Crippen LogP contribution in [0.2, 0.25) is 0 Å². The highest BCUT2D eigenvalue weighted by molar-refractivity contribution is 7.89. The van der Waals surface area contributed by atoms with Crippen molar-refractivity contribution in [1.82, 2.24) is 9.21 Å². The Bertz CT molecular complexity index is 874. The topological polar surface area (TPSA) is 80.1 Å². The summed E-state index contributed by atoms with van der Waals surface area (Å²) in [4.78, 5) is 14.4. The lowest BCUT2D eigenvalue weighted by Crippen LogP contribution is -2.32. The van der Waals surface area contributed by atoms with Crippen LogP contribution in [0.4, 0.5) is 0 Å². The van der Waals surface area contributed by atoms with Gasteiger partial charge < -0.3 is 14.1 Å². The van der Waals surface area contributed by atoms with Gasteiger partial charge in [0.15, 0.2) is 0 Å². The second-order valence-electron chi connectivity index (χ2n) is 6.06. The second-order valence-corrected chi connectivity index (χ2v) is 7.97. The van der Waals surface area contributed by atoms with Gasteiger partial charge in [-0.05, 0) is 37.3 Å². The van der Waals surface area contributed by atoms with Gasteiger partial charge in [0.1, 0.15) is 16.4 Å². The highest BCUT2D eigenvalue weighted by Gasteiger charge is 2.28. The fourth-order valence-electron chi connectivity index (χ4n) is 2.81. The molecule has 0 aliphatic rings. The van der Waals surface area contributed by atoms with E-state index in [0.29, 0.717) is 18.8 Å². The third kappa shape index (κ3) is 4.17. The molecular weight excluding hydrogens is 368 g/mol. The van der Waals surface area contributed by atoms with Crippen LogP contribution in [0.1, 0.15) is 42.9 Å². The fourth-order valence-corrected chi connectivity index (χ4v) is 4.45. The first-order chi connectivity index (χ1) is 12.8. The van der Waals surface area contributed by atoms with Crippen LogP contribution >= 0.6 is 0 Å². The Labute approximate surface area is 160 Å². The molecule has 0 bridgehead atoms. The van der Waals surface area contributed by atoms with Gasteiger partial charge in [-0.1, -0.05) is 13.8 Å². The predicted octanol–water partition coefficient (Wildman–Crippen LogP) is 3.15. The number of hydrogen-bond acceptors (Lipinski definition) is 5. The molecule has 1 aromatic heterocycles. The number of methoxy groups -OCH3 is 1. The molecule has 0 radical (unpaired) electrons. The summed E-state index contributed by atoms with van der Waals surface area (Å²) in [5, 5.41) is 0. The Kier molecular flexibility index (Phi) is 6.67. The van der Waals surface area contributed by atoms with E-state index in [1.54, 1.807) is 45.4 Å². The molecule has 7 nitrogen and oxygen atoms in total. The van der Waals surface area contributed by atoms with Gasteiger partial charge in [0.25, 0.3) is 5.91 Å². The summed E-state index contributed by atoms with van der Waals surface area (Å²) < 4.78 is 37.8. The Morgan fingerprint density at radius 2 is 1.89 bits per heavy atom. The molecule has 1 amide bonds. The molecular formula is C19H26N2O5S. The standard InChI is InChI=1S/C19H26N2O5S/c1-6-21(7-2)27(23,24)18-13-15(10-11-17(18)25-5)19(22)20(4)14(3)16-9-8-12-26-16/h8-14H,6-7H2,1-5H3. The zero-order chi connectivity index (χ0) is 20.2. The van der Waals surface area contributed by atoms with Crippen LogP contribution in [0, 0.1) is 0 Å². The van der Waals surface area contributed by atoms with Crippen molar-refractivity contribution in [3.8, 4) is 5.75 Å². The van der Waals surface area contributed by atoms with Crippen LogP contribution in [0.5, 0.6) is 5.75 Å². The lowest BCUT2D eigenvalue weighted by molar-refractivity contribution is 0.0726. The average molecular weight is 394 g/mol. The molecule has 0 saturated heterocycles. The summed E-state index contributed by atoms with van der Waals surface area (Å²) in [6, 6.07) is 7.70. The van der Waals surface area contributed by atoms with E-state index in [-0.39, 0.29) is 28.2 Å². The van der Waals surface area contributed by atoms with Gasteiger partial charge in [0.2, 0.25) is 10.0 Å². The molecule has 0 spiro atoms. The molecule has 1 aromatic carbocycles. The highest BCUT2D eigenvalue weighted by atomic mass is 32.2. The van der Waals surface area contributed by atoms with Crippen molar-refractivity contribution in [3.05, 3.63) is 47.9 Å². The lowest BCUT2D eigenvalue weighted by atomic mass is 10.1. The van der Waals surface area contributed by atoms with Crippen LogP contribution in [0.3, 0.4) is 0 Å². The number of ether oxygens (including phenoxy) is 1. The molecule has 8 heteroatoms. The minimum absolute atomic E-state index is 0.0152. The number of nitrogens with zero attached hydrogens (tertiary/aromatic N) is 2. The third-order valence-corrected chi connectivity index (χ3v) is 6.66. The van der Waals surface area contributed by atoms with E-state index in [1.807, 2.05) is 6.92 Å². The van der Waals surface area contributed by atoms with Crippen molar-refractivity contribution in [2.24, 2.45) is 0 Å². The molecule has 1 heterocycles. The summed E-state index contributed by atoms with van der Waals surface area (Å²) in [5.41, 5.74) is 0.266. The van der Waals surface area contributed by atoms with Gasteiger partial charge in [0, 0.05) is 25.7 Å². The molecule has 27 heavy (non-hydrogen) atoms. The van der Waals surface area contributed by atoms with E-state index in [9.17, 15) is 13.2 Å². The monoisotopic (exact) mass is 394 g/mol. The van der Waals surface area contributed by atoms with E-state index >= 15 is 0 Å². The zero-order valence-corrected chi connectivity index (χ0v) is 17.1. The summed E-state index contributed by atoms with van der Waals surface area (Å²) >= 11 is 0. The Morgan fingerprint density at radius 1 is 1.22 bits per heavy atom. The molecule has 0 fully saturated rings. The van der Waals surface area contributed by atoms with Crippen molar-refractivity contribution in [2.75, 3.05) is 27.2 Å². The van der Waals surface area contributed by atoms with Gasteiger partial charge in [0.05, 0.1) is 19.4 Å². The summed E-state index contributed by atoms with van der Waals surface area (Å²) in [7, 11) is -0.713. The summed E-state index contributed by atoms with van der Waals surface area (Å²) in [6.45, 7) is 6.03. The Morgan fingerprint density at radius 3 is 2.41 bits per heavy atom.